The van der Waals surface area contributed by atoms with Crippen molar-refractivity contribution in [2.24, 2.45) is 0 Å². The molecule has 1 aromatic carbocycles. The Kier molecular flexibility index (Phi) is 4.46. The molecule has 0 aliphatic rings. The zero-order chi connectivity index (χ0) is 16.3. The molecule has 1 amide bonds. The van der Waals surface area contributed by atoms with E-state index in [0.29, 0.717) is 17.1 Å². The van der Waals surface area contributed by atoms with Crippen molar-refractivity contribution in [3.8, 4) is 5.88 Å². The van der Waals surface area contributed by atoms with Crippen LogP contribution >= 0.6 is 0 Å². The lowest BCUT2D eigenvalue weighted by Gasteiger charge is -2.10. The second kappa shape index (κ2) is 6.15. The molecule has 0 aliphatic carbocycles. The predicted octanol–water partition coefficient (Wildman–Crippen LogP) is 2.05. The van der Waals surface area contributed by atoms with Gasteiger partial charge in [0.15, 0.2) is 9.84 Å². The average Bonchev–Trinajstić information content (AvgIpc) is 2.48. The largest absolute Gasteiger partial charge is 0.481 e. The van der Waals surface area contributed by atoms with Crippen molar-refractivity contribution in [1.82, 2.24) is 4.98 Å². The van der Waals surface area contributed by atoms with Crippen LogP contribution in [0.2, 0.25) is 0 Å². The van der Waals surface area contributed by atoms with E-state index in [4.69, 9.17) is 4.74 Å². The molecule has 0 fully saturated rings. The number of aryl methyl sites for hydroxylation is 1. The summed E-state index contributed by atoms with van der Waals surface area (Å²) in [6.07, 6.45) is 2.51. The lowest BCUT2D eigenvalue weighted by atomic mass is 10.2. The molecule has 2 rings (SSSR count). The highest BCUT2D eigenvalue weighted by Gasteiger charge is 2.12. The zero-order valence-corrected chi connectivity index (χ0v) is 13.3. The molecule has 0 spiro atoms. The van der Waals surface area contributed by atoms with Gasteiger partial charge in [-0.25, -0.2) is 13.4 Å². The molecular formula is C15H16N2O4S. The number of nitrogens with one attached hydrogen (secondary N) is 1. The molecule has 0 saturated carbocycles. The second-order valence-corrected chi connectivity index (χ2v) is 6.81. The predicted molar refractivity (Wildman–Crippen MR) is 83.0 cm³/mol. The monoisotopic (exact) mass is 320 g/mol. The normalized spacial score (nSPS) is 11.0. The Bertz CT molecular complexity index is 799. The fourth-order valence-electron chi connectivity index (χ4n) is 1.80. The van der Waals surface area contributed by atoms with Gasteiger partial charge in [0.2, 0.25) is 5.88 Å². The molecule has 116 valence electrons. The lowest BCUT2D eigenvalue weighted by molar-refractivity contribution is 0.102. The number of sulfone groups is 1. The molecule has 0 saturated heterocycles. The average molecular weight is 320 g/mol. The third-order valence-corrected chi connectivity index (χ3v) is 4.20. The Labute approximate surface area is 129 Å². The number of rotatable bonds is 4. The molecule has 0 bridgehead atoms. The highest BCUT2D eigenvalue weighted by molar-refractivity contribution is 7.90. The Morgan fingerprint density at radius 1 is 1.23 bits per heavy atom. The van der Waals surface area contributed by atoms with Crippen LogP contribution in [0.15, 0.2) is 41.4 Å². The van der Waals surface area contributed by atoms with Crippen LogP contribution in [0, 0.1) is 6.92 Å². The first-order valence-electron chi connectivity index (χ1n) is 6.43. The lowest BCUT2D eigenvalue weighted by Crippen LogP contribution is -2.13. The van der Waals surface area contributed by atoms with Crippen LogP contribution in [0.25, 0.3) is 0 Å². The molecular weight excluding hydrogens is 304 g/mol. The first-order valence-corrected chi connectivity index (χ1v) is 8.32. The maximum atomic E-state index is 12.2. The van der Waals surface area contributed by atoms with E-state index in [2.05, 4.69) is 10.3 Å². The number of methoxy groups -OCH3 is 1. The van der Waals surface area contributed by atoms with E-state index in [1.165, 1.54) is 25.4 Å². The molecule has 2 aromatic rings. The van der Waals surface area contributed by atoms with Gasteiger partial charge in [-0.2, -0.15) is 0 Å². The summed E-state index contributed by atoms with van der Waals surface area (Å²) >= 11 is 0. The second-order valence-electron chi connectivity index (χ2n) is 4.79. The van der Waals surface area contributed by atoms with Crippen molar-refractivity contribution in [3.05, 3.63) is 47.7 Å². The van der Waals surface area contributed by atoms with E-state index in [1.807, 2.05) is 0 Å². The first-order chi connectivity index (χ1) is 10.3. The van der Waals surface area contributed by atoms with Crippen molar-refractivity contribution in [2.45, 2.75) is 11.8 Å². The Morgan fingerprint density at radius 2 is 1.95 bits per heavy atom. The van der Waals surface area contributed by atoms with Crippen molar-refractivity contribution in [3.63, 3.8) is 0 Å². The summed E-state index contributed by atoms with van der Waals surface area (Å²) in [5.41, 5.74) is 1.57. The molecule has 1 N–H and O–H groups in total. The van der Waals surface area contributed by atoms with Crippen molar-refractivity contribution < 1.29 is 17.9 Å². The number of carbonyl (C=O) groups is 1. The molecule has 22 heavy (non-hydrogen) atoms. The standard InChI is InChI=1S/C15H16N2O4S/c1-10-4-6-12(22(3,19)20)8-13(10)17-15(18)11-5-7-14(21-2)16-9-11/h4-9H,1-3H3,(H,17,18). The van der Waals surface area contributed by atoms with Gasteiger partial charge in [0.25, 0.3) is 5.91 Å². The Hall–Kier alpha value is -2.41. The molecule has 7 heteroatoms. The Balaban J connectivity index is 2.27. The van der Waals surface area contributed by atoms with E-state index in [-0.39, 0.29) is 10.8 Å². The van der Waals surface area contributed by atoms with E-state index in [9.17, 15) is 13.2 Å². The van der Waals surface area contributed by atoms with Crippen molar-refractivity contribution in [1.29, 1.82) is 0 Å². The smallest absolute Gasteiger partial charge is 0.257 e. The molecule has 0 unspecified atom stereocenters. The summed E-state index contributed by atoms with van der Waals surface area (Å²) < 4.78 is 28.1. The summed E-state index contributed by atoms with van der Waals surface area (Å²) in [4.78, 5) is 16.3. The van der Waals surface area contributed by atoms with Crippen LogP contribution in [-0.4, -0.2) is 32.7 Å². The van der Waals surface area contributed by atoms with Crippen molar-refractivity contribution >= 4 is 21.4 Å². The molecule has 1 heterocycles. The van der Waals surface area contributed by atoms with Gasteiger partial charge < -0.3 is 10.1 Å². The zero-order valence-electron chi connectivity index (χ0n) is 12.5. The number of nitrogens with zero attached hydrogens (tertiary/aromatic N) is 1. The fourth-order valence-corrected chi connectivity index (χ4v) is 2.44. The molecule has 0 aliphatic heterocycles. The highest BCUT2D eigenvalue weighted by Crippen LogP contribution is 2.21. The SMILES string of the molecule is COc1ccc(C(=O)Nc2cc(S(C)(=O)=O)ccc2C)cn1. The minimum atomic E-state index is -3.33. The number of anilines is 1. The van der Waals surface area contributed by atoms with Gasteiger partial charge in [0.1, 0.15) is 0 Å². The number of hydrogen-bond donors (Lipinski definition) is 1. The summed E-state index contributed by atoms with van der Waals surface area (Å²) in [6.45, 7) is 1.79. The maximum Gasteiger partial charge on any atom is 0.257 e. The van der Waals surface area contributed by atoms with E-state index >= 15 is 0 Å². The number of aromatic nitrogens is 1. The summed E-state index contributed by atoms with van der Waals surface area (Å²) in [7, 11) is -1.84. The van der Waals surface area contributed by atoms with Crippen LogP contribution in [-0.2, 0) is 9.84 Å². The number of pyridine rings is 1. The minimum absolute atomic E-state index is 0.154. The van der Waals surface area contributed by atoms with Crippen LogP contribution in [0.5, 0.6) is 5.88 Å². The van der Waals surface area contributed by atoms with E-state index < -0.39 is 9.84 Å². The van der Waals surface area contributed by atoms with Gasteiger partial charge in [-0.15, -0.1) is 0 Å². The topological polar surface area (TPSA) is 85.4 Å². The quantitative estimate of drug-likeness (QED) is 0.932. The maximum absolute atomic E-state index is 12.2. The van der Waals surface area contributed by atoms with Crippen LogP contribution in [0.4, 0.5) is 5.69 Å². The van der Waals surface area contributed by atoms with Gasteiger partial charge in [0, 0.05) is 24.2 Å². The number of hydrogen-bond acceptors (Lipinski definition) is 5. The highest BCUT2D eigenvalue weighted by atomic mass is 32.2. The number of benzene rings is 1. The van der Waals surface area contributed by atoms with E-state index in [1.54, 1.807) is 25.1 Å². The van der Waals surface area contributed by atoms with E-state index in [0.717, 1.165) is 11.8 Å². The van der Waals surface area contributed by atoms with Gasteiger partial charge >= 0.3 is 0 Å². The number of amides is 1. The van der Waals surface area contributed by atoms with Gasteiger partial charge in [-0.1, -0.05) is 6.07 Å². The van der Waals surface area contributed by atoms with Gasteiger partial charge in [-0.3, -0.25) is 4.79 Å². The van der Waals surface area contributed by atoms with Crippen LogP contribution < -0.4 is 10.1 Å². The van der Waals surface area contributed by atoms with Crippen molar-refractivity contribution in [2.75, 3.05) is 18.7 Å². The molecule has 0 atom stereocenters. The third kappa shape index (κ3) is 3.62. The molecule has 6 nitrogen and oxygen atoms in total. The minimum Gasteiger partial charge on any atom is -0.481 e. The Morgan fingerprint density at radius 3 is 2.50 bits per heavy atom. The first kappa shape index (κ1) is 16.0. The number of ether oxygens (including phenoxy) is 1. The summed E-state index contributed by atoms with van der Waals surface area (Å²) in [6, 6.07) is 7.76. The van der Waals surface area contributed by atoms with Gasteiger partial charge in [-0.05, 0) is 30.7 Å². The summed E-state index contributed by atoms with van der Waals surface area (Å²) in [5, 5.41) is 2.69. The van der Waals surface area contributed by atoms with Crippen LogP contribution in [0.1, 0.15) is 15.9 Å². The fraction of sp³-hybridized carbons (Fsp3) is 0.200. The number of carbonyl (C=O) groups excluding carboxylic acids is 1. The molecule has 1 aromatic heterocycles. The third-order valence-electron chi connectivity index (χ3n) is 3.09. The molecule has 0 radical (unpaired) electrons. The van der Waals surface area contributed by atoms with Gasteiger partial charge in [0.05, 0.1) is 17.6 Å². The summed E-state index contributed by atoms with van der Waals surface area (Å²) in [5.74, 6) is 0.0377. The van der Waals surface area contributed by atoms with Crippen LogP contribution in [0.3, 0.4) is 0 Å².